The van der Waals surface area contributed by atoms with E-state index in [1.54, 1.807) is 6.92 Å². The minimum absolute atomic E-state index is 0.0779. The molecule has 0 aromatic heterocycles. The van der Waals surface area contributed by atoms with Crippen molar-refractivity contribution in [2.24, 2.45) is 5.92 Å². The van der Waals surface area contributed by atoms with Crippen LogP contribution in [0.5, 0.6) is 5.75 Å². The van der Waals surface area contributed by atoms with Gasteiger partial charge < -0.3 is 30.3 Å². The van der Waals surface area contributed by atoms with Gasteiger partial charge in [0, 0.05) is 17.5 Å². The van der Waals surface area contributed by atoms with Gasteiger partial charge in [-0.3, -0.25) is 14.4 Å². The summed E-state index contributed by atoms with van der Waals surface area (Å²) in [5, 5.41) is 24.6. The first-order valence-corrected chi connectivity index (χ1v) is 11.7. The number of amides is 2. The standard InChI is InChI=1S/C25H36N2O7/c1-13(2)7-17(21(30)25(11-29)12-33-25)26-22(31)18(10-28)27-23(32)20-14(3)8-19-16(15(20)4)9-24(5,6)34-19/h8,13,17-18,28-29H,7,9-12H2,1-6H3,(H,26,31)(H,27,32)/t17-,18-,25+/m0/s1. The number of epoxide rings is 1. The lowest BCUT2D eigenvalue weighted by atomic mass is 9.91. The molecule has 2 aliphatic heterocycles. The van der Waals surface area contributed by atoms with E-state index in [9.17, 15) is 24.6 Å². The quantitative estimate of drug-likeness (QED) is 0.369. The Kier molecular flexibility index (Phi) is 7.40. The summed E-state index contributed by atoms with van der Waals surface area (Å²) in [5.41, 5.74) is 1.22. The minimum atomic E-state index is -1.28. The van der Waals surface area contributed by atoms with Crippen molar-refractivity contribution in [3.8, 4) is 5.75 Å². The van der Waals surface area contributed by atoms with E-state index in [1.807, 2.05) is 40.7 Å². The highest BCUT2D eigenvalue weighted by atomic mass is 16.6. The molecular weight excluding hydrogens is 440 g/mol. The van der Waals surface area contributed by atoms with E-state index in [-0.39, 0.29) is 18.1 Å². The van der Waals surface area contributed by atoms with Crippen LogP contribution in [0, 0.1) is 19.8 Å². The fraction of sp³-hybridized carbons (Fsp3) is 0.640. The van der Waals surface area contributed by atoms with E-state index in [2.05, 4.69) is 10.6 Å². The van der Waals surface area contributed by atoms with Crippen LogP contribution in [0.25, 0.3) is 0 Å². The number of hydrogen-bond donors (Lipinski definition) is 4. The predicted molar refractivity (Wildman–Crippen MR) is 125 cm³/mol. The van der Waals surface area contributed by atoms with Crippen LogP contribution in [0.3, 0.4) is 0 Å². The number of fused-ring (bicyclic) bond motifs is 1. The number of ether oxygens (including phenoxy) is 2. The maximum atomic E-state index is 13.2. The van der Waals surface area contributed by atoms with Crippen LogP contribution in [0.2, 0.25) is 0 Å². The smallest absolute Gasteiger partial charge is 0.252 e. The van der Waals surface area contributed by atoms with Crippen molar-refractivity contribution >= 4 is 17.6 Å². The highest BCUT2D eigenvalue weighted by Crippen LogP contribution is 2.39. The molecule has 188 valence electrons. The first kappa shape index (κ1) is 26.1. The molecule has 0 aliphatic carbocycles. The zero-order chi connectivity index (χ0) is 25.4. The summed E-state index contributed by atoms with van der Waals surface area (Å²) in [7, 11) is 0. The van der Waals surface area contributed by atoms with Gasteiger partial charge in [0.2, 0.25) is 5.91 Å². The molecule has 1 saturated heterocycles. The average Bonchev–Trinajstić information content (AvgIpc) is 3.48. The lowest BCUT2D eigenvalue weighted by Crippen LogP contribution is -2.55. The third-order valence-corrected chi connectivity index (χ3v) is 6.42. The second kappa shape index (κ2) is 9.64. The van der Waals surface area contributed by atoms with Crippen LogP contribution in [-0.2, 0) is 20.7 Å². The Hall–Kier alpha value is -2.49. The molecule has 9 nitrogen and oxygen atoms in total. The lowest BCUT2D eigenvalue weighted by Gasteiger charge is -2.25. The molecule has 2 aliphatic rings. The molecule has 2 amide bonds. The zero-order valence-electron chi connectivity index (χ0n) is 20.8. The van der Waals surface area contributed by atoms with Crippen LogP contribution in [0.15, 0.2) is 6.07 Å². The molecular formula is C25H36N2O7. The molecule has 1 aromatic carbocycles. The summed E-state index contributed by atoms with van der Waals surface area (Å²) in [6.07, 6.45) is 0.993. The van der Waals surface area contributed by atoms with Crippen LogP contribution in [0.4, 0.5) is 0 Å². The number of aryl methyl sites for hydroxylation is 1. The van der Waals surface area contributed by atoms with Gasteiger partial charge >= 0.3 is 0 Å². The van der Waals surface area contributed by atoms with Gasteiger partial charge in [-0.15, -0.1) is 0 Å². The monoisotopic (exact) mass is 476 g/mol. The Morgan fingerprint density at radius 1 is 1.12 bits per heavy atom. The zero-order valence-corrected chi connectivity index (χ0v) is 20.8. The topological polar surface area (TPSA) is 137 Å². The van der Waals surface area contributed by atoms with Crippen molar-refractivity contribution in [1.82, 2.24) is 10.6 Å². The Morgan fingerprint density at radius 3 is 2.29 bits per heavy atom. The van der Waals surface area contributed by atoms with Crippen LogP contribution < -0.4 is 15.4 Å². The van der Waals surface area contributed by atoms with Crippen molar-refractivity contribution in [1.29, 1.82) is 0 Å². The minimum Gasteiger partial charge on any atom is -0.487 e. The van der Waals surface area contributed by atoms with Gasteiger partial charge in [-0.05, 0) is 57.2 Å². The number of Topliss-reactive ketones (excluding diaryl/α,β-unsaturated/α-hetero) is 1. The van der Waals surface area contributed by atoms with E-state index >= 15 is 0 Å². The van der Waals surface area contributed by atoms with Gasteiger partial charge in [0.05, 0.1) is 25.9 Å². The highest BCUT2D eigenvalue weighted by Gasteiger charge is 2.54. The number of ketones is 1. The third-order valence-electron chi connectivity index (χ3n) is 6.42. The molecule has 1 aromatic rings. The van der Waals surface area contributed by atoms with Crippen LogP contribution in [-0.4, -0.2) is 70.9 Å². The van der Waals surface area contributed by atoms with E-state index in [0.29, 0.717) is 24.0 Å². The fourth-order valence-electron chi connectivity index (χ4n) is 4.52. The van der Waals surface area contributed by atoms with Crippen molar-refractivity contribution in [2.45, 2.75) is 77.7 Å². The summed E-state index contributed by atoms with van der Waals surface area (Å²) >= 11 is 0. The first-order valence-electron chi connectivity index (χ1n) is 11.7. The number of carbonyl (C=O) groups excluding carboxylic acids is 3. The van der Waals surface area contributed by atoms with Gasteiger partial charge in [-0.2, -0.15) is 0 Å². The molecule has 0 spiro atoms. The number of benzene rings is 1. The van der Waals surface area contributed by atoms with Crippen molar-refractivity contribution in [3.05, 3.63) is 28.3 Å². The number of nitrogens with one attached hydrogen (secondary N) is 2. The number of hydrogen-bond acceptors (Lipinski definition) is 7. The molecule has 3 rings (SSSR count). The summed E-state index contributed by atoms with van der Waals surface area (Å²) in [6.45, 7) is 10.4. The predicted octanol–water partition coefficient (Wildman–Crippen LogP) is 0.969. The second-order valence-corrected chi connectivity index (χ2v) is 10.4. The molecule has 4 N–H and O–H groups in total. The average molecular weight is 477 g/mol. The molecule has 0 bridgehead atoms. The van der Waals surface area contributed by atoms with Crippen LogP contribution in [0.1, 0.15) is 61.2 Å². The third kappa shape index (κ3) is 5.26. The van der Waals surface area contributed by atoms with E-state index in [0.717, 1.165) is 16.9 Å². The summed E-state index contributed by atoms with van der Waals surface area (Å²) in [5.74, 6) is -0.740. The second-order valence-electron chi connectivity index (χ2n) is 10.4. The Morgan fingerprint density at radius 2 is 1.76 bits per heavy atom. The maximum Gasteiger partial charge on any atom is 0.252 e. The normalized spacial score (nSPS) is 21.9. The van der Waals surface area contributed by atoms with Crippen molar-refractivity contribution in [3.63, 3.8) is 0 Å². The van der Waals surface area contributed by atoms with E-state index < -0.39 is 48.5 Å². The molecule has 3 atom stereocenters. The number of carbonyl (C=O) groups is 3. The lowest BCUT2D eigenvalue weighted by molar-refractivity contribution is -0.133. The molecule has 0 unspecified atom stereocenters. The Balaban J connectivity index is 1.76. The van der Waals surface area contributed by atoms with E-state index in [1.165, 1.54) is 0 Å². The largest absolute Gasteiger partial charge is 0.487 e. The maximum absolute atomic E-state index is 13.2. The van der Waals surface area contributed by atoms with Gasteiger partial charge in [0.15, 0.2) is 11.4 Å². The SMILES string of the molecule is Cc1cc2c(c(C)c1C(=O)N[C@@H](CO)C(=O)N[C@@H](CC(C)C)C(=O)[C@@]1(CO)CO1)CC(C)(C)O2. The number of aliphatic hydroxyl groups excluding tert-OH is 2. The van der Waals surface area contributed by atoms with Crippen LogP contribution >= 0.6 is 0 Å². The molecule has 0 saturated carbocycles. The van der Waals surface area contributed by atoms with Crippen molar-refractivity contribution in [2.75, 3.05) is 19.8 Å². The summed E-state index contributed by atoms with van der Waals surface area (Å²) < 4.78 is 11.1. The number of rotatable bonds is 10. The van der Waals surface area contributed by atoms with Gasteiger partial charge in [0.1, 0.15) is 17.4 Å². The van der Waals surface area contributed by atoms with E-state index in [4.69, 9.17) is 9.47 Å². The fourth-order valence-corrected chi connectivity index (χ4v) is 4.52. The number of aliphatic hydroxyl groups is 2. The molecule has 1 fully saturated rings. The summed E-state index contributed by atoms with van der Waals surface area (Å²) in [4.78, 5) is 39.0. The highest BCUT2D eigenvalue weighted by molar-refractivity contribution is 6.02. The Bertz CT molecular complexity index is 982. The molecule has 34 heavy (non-hydrogen) atoms. The van der Waals surface area contributed by atoms with Gasteiger partial charge in [-0.1, -0.05) is 13.8 Å². The first-order chi connectivity index (χ1) is 15.8. The molecule has 0 radical (unpaired) electrons. The Labute approximate surface area is 200 Å². The molecule has 9 heteroatoms. The summed E-state index contributed by atoms with van der Waals surface area (Å²) in [6, 6.07) is -0.336. The van der Waals surface area contributed by atoms with Crippen molar-refractivity contribution < 1.29 is 34.1 Å². The molecule has 2 heterocycles. The van der Waals surface area contributed by atoms with Gasteiger partial charge in [-0.25, -0.2) is 0 Å². The van der Waals surface area contributed by atoms with Gasteiger partial charge in [0.25, 0.3) is 5.91 Å².